The van der Waals surface area contributed by atoms with Gasteiger partial charge in [-0.05, 0) is 51.8 Å². The molecule has 1 aliphatic heterocycles. The van der Waals surface area contributed by atoms with Crippen molar-refractivity contribution >= 4 is 17.5 Å². The summed E-state index contributed by atoms with van der Waals surface area (Å²) in [6, 6.07) is 4.77. The lowest BCUT2D eigenvalue weighted by molar-refractivity contribution is 0.0635. The van der Waals surface area contributed by atoms with E-state index < -0.39 is 17.5 Å². The highest BCUT2D eigenvalue weighted by molar-refractivity contribution is 5.86. The van der Waals surface area contributed by atoms with Crippen molar-refractivity contribution in [1.29, 1.82) is 0 Å². The largest absolute Gasteiger partial charge is 0.444 e. The standard InChI is InChI=1S/C15H21FN2O2/c1-15(2,3)20-14(19)17-13-10-11(6-7-12(13)16)18-8-4-5-9-18/h6-7,10H,4-5,8-9H2,1-3H3,(H,17,19). The first-order valence-corrected chi connectivity index (χ1v) is 6.90. The van der Waals surface area contributed by atoms with Crippen molar-refractivity contribution in [3.63, 3.8) is 0 Å². The van der Waals surface area contributed by atoms with Crippen LogP contribution in [-0.4, -0.2) is 24.8 Å². The first-order valence-electron chi connectivity index (χ1n) is 6.90. The molecule has 0 aromatic heterocycles. The van der Waals surface area contributed by atoms with Crippen LogP contribution >= 0.6 is 0 Å². The molecular formula is C15H21FN2O2. The predicted molar refractivity (Wildman–Crippen MR) is 77.7 cm³/mol. The molecule has 2 rings (SSSR count). The Kier molecular flexibility index (Phi) is 4.16. The molecule has 0 unspecified atom stereocenters. The lowest BCUT2D eigenvalue weighted by Crippen LogP contribution is -2.27. The van der Waals surface area contributed by atoms with Crippen LogP contribution in [0.2, 0.25) is 0 Å². The molecule has 1 amide bonds. The van der Waals surface area contributed by atoms with Gasteiger partial charge in [-0.1, -0.05) is 0 Å². The summed E-state index contributed by atoms with van der Waals surface area (Å²) in [5.41, 5.74) is 0.478. The number of benzene rings is 1. The molecule has 1 fully saturated rings. The monoisotopic (exact) mass is 280 g/mol. The second kappa shape index (κ2) is 5.69. The van der Waals surface area contributed by atoms with E-state index in [1.54, 1.807) is 32.9 Å². The summed E-state index contributed by atoms with van der Waals surface area (Å²) in [7, 11) is 0. The van der Waals surface area contributed by atoms with E-state index in [1.807, 2.05) is 0 Å². The fourth-order valence-electron chi connectivity index (χ4n) is 2.19. The molecule has 20 heavy (non-hydrogen) atoms. The molecule has 0 atom stereocenters. The second-order valence-corrected chi connectivity index (χ2v) is 5.99. The summed E-state index contributed by atoms with van der Waals surface area (Å²) in [6.45, 7) is 7.24. The normalized spacial score (nSPS) is 15.3. The molecule has 1 N–H and O–H groups in total. The SMILES string of the molecule is CC(C)(C)OC(=O)Nc1cc(N2CCCC2)ccc1F. The first-order chi connectivity index (χ1) is 9.35. The van der Waals surface area contributed by atoms with Gasteiger partial charge in [0, 0.05) is 18.8 Å². The van der Waals surface area contributed by atoms with Crippen molar-refractivity contribution in [1.82, 2.24) is 0 Å². The lowest BCUT2D eigenvalue weighted by atomic mass is 10.2. The van der Waals surface area contributed by atoms with Gasteiger partial charge in [0.05, 0.1) is 5.69 Å². The molecule has 1 heterocycles. The van der Waals surface area contributed by atoms with Gasteiger partial charge in [0.15, 0.2) is 0 Å². The summed E-state index contributed by atoms with van der Waals surface area (Å²) >= 11 is 0. The molecular weight excluding hydrogens is 259 g/mol. The minimum absolute atomic E-state index is 0.156. The number of anilines is 2. The molecule has 1 aromatic rings. The van der Waals surface area contributed by atoms with Crippen LogP contribution in [-0.2, 0) is 4.74 Å². The van der Waals surface area contributed by atoms with Gasteiger partial charge < -0.3 is 9.64 Å². The van der Waals surface area contributed by atoms with Gasteiger partial charge in [-0.25, -0.2) is 9.18 Å². The third-order valence-electron chi connectivity index (χ3n) is 3.06. The average Bonchev–Trinajstić information content (AvgIpc) is 2.83. The number of carbonyl (C=O) groups excluding carboxylic acids is 1. The van der Waals surface area contributed by atoms with Crippen LogP contribution in [0.1, 0.15) is 33.6 Å². The zero-order valence-corrected chi connectivity index (χ0v) is 12.2. The molecule has 1 aromatic carbocycles. The van der Waals surface area contributed by atoms with E-state index in [4.69, 9.17) is 4.74 Å². The van der Waals surface area contributed by atoms with Crippen molar-refractivity contribution < 1.29 is 13.9 Å². The van der Waals surface area contributed by atoms with E-state index in [-0.39, 0.29) is 5.69 Å². The van der Waals surface area contributed by atoms with Crippen molar-refractivity contribution in [3.8, 4) is 0 Å². The number of rotatable bonds is 2. The van der Waals surface area contributed by atoms with Crippen molar-refractivity contribution in [2.75, 3.05) is 23.3 Å². The van der Waals surface area contributed by atoms with Crippen molar-refractivity contribution in [3.05, 3.63) is 24.0 Å². The highest BCUT2D eigenvalue weighted by Crippen LogP contribution is 2.26. The van der Waals surface area contributed by atoms with Gasteiger partial charge in [-0.15, -0.1) is 0 Å². The Labute approximate surface area is 118 Å². The fraction of sp³-hybridized carbons (Fsp3) is 0.533. The van der Waals surface area contributed by atoms with Crippen LogP contribution in [0.15, 0.2) is 18.2 Å². The molecule has 5 heteroatoms. The summed E-state index contributed by atoms with van der Waals surface area (Å²) in [5.74, 6) is -0.459. The molecule has 1 saturated heterocycles. The maximum absolute atomic E-state index is 13.8. The number of halogens is 1. The molecule has 0 saturated carbocycles. The van der Waals surface area contributed by atoms with Crippen LogP contribution < -0.4 is 10.2 Å². The topological polar surface area (TPSA) is 41.6 Å². The number of nitrogens with zero attached hydrogens (tertiary/aromatic N) is 1. The number of amides is 1. The Balaban J connectivity index is 2.10. The average molecular weight is 280 g/mol. The van der Waals surface area contributed by atoms with Crippen molar-refractivity contribution in [2.24, 2.45) is 0 Å². The molecule has 0 bridgehead atoms. The van der Waals surface area contributed by atoms with Crippen LogP contribution in [0.4, 0.5) is 20.6 Å². The second-order valence-electron chi connectivity index (χ2n) is 5.99. The van der Waals surface area contributed by atoms with Gasteiger partial charge in [0.25, 0.3) is 0 Å². The highest BCUT2D eigenvalue weighted by atomic mass is 19.1. The molecule has 110 valence electrons. The summed E-state index contributed by atoms with van der Waals surface area (Å²) in [6.07, 6.45) is 1.65. The van der Waals surface area contributed by atoms with E-state index >= 15 is 0 Å². The summed E-state index contributed by atoms with van der Waals surface area (Å²) in [4.78, 5) is 13.9. The van der Waals surface area contributed by atoms with E-state index in [1.165, 1.54) is 6.07 Å². The van der Waals surface area contributed by atoms with E-state index in [2.05, 4.69) is 10.2 Å². The molecule has 1 aliphatic rings. The fourth-order valence-corrected chi connectivity index (χ4v) is 2.19. The van der Waals surface area contributed by atoms with E-state index in [0.29, 0.717) is 0 Å². The Hall–Kier alpha value is -1.78. The van der Waals surface area contributed by atoms with E-state index in [9.17, 15) is 9.18 Å². The van der Waals surface area contributed by atoms with Gasteiger partial charge in [0.1, 0.15) is 11.4 Å². The Morgan fingerprint density at radius 1 is 1.30 bits per heavy atom. The smallest absolute Gasteiger partial charge is 0.412 e. The third-order valence-corrected chi connectivity index (χ3v) is 3.06. The van der Waals surface area contributed by atoms with Gasteiger partial charge in [0.2, 0.25) is 0 Å². The predicted octanol–water partition coefficient (Wildman–Crippen LogP) is 3.77. The Morgan fingerprint density at radius 2 is 1.95 bits per heavy atom. The van der Waals surface area contributed by atoms with E-state index in [0.717, 1.165) is 31.6 Å². The Morgan fingerprint density at radius 3 is 2.55 bits per heavy atom. The minimum Gasteiger partial charge on any atom is -0.444 e. The van der Waals surface area contributed by atoms with Gasteiger partial charge in [-0.2, -0.15) is 0 Å². The highest BCUT2D eigenvalue weighted by Gasteiger charge is 2.19. The maximum Gasteiger partial charge on any atom is 0.412 e. The van der Waals surface area contributed by atoms with Crippen LogP contribution in [0.3, 0.4) is 0 Å². The van der Waals surface area contributed by atoms with Gasteiger partial charge >= 0.3 is 6.09 Å². The molecule has 0 aliphatic carbocycles. The molecule has 4 nitrogen and oxygen atoms in total. The molecule has 0 radical (unpaired) electrons. The van der Waals surface area contributed by atoms with Crippen LogP contribution in [0, 0.1) is 5.82 Å². The third kappa shape index (κ3) is 3.85. The number of hydrogen-bond donors (Lipinski definition) is 1. The molecule has 0 spiro atoms. The quantitative estimate of drug-likeness (QED) is 0.896. The zero-order valence-electron chi connectivity index (χ0n) is 12.2. The maximum atomic E-state index is 13.8. The van der Waals surface area contributed by atoms with Gasteiger partial charge in [-0.3, -0.25) is 5.32 Å². The first kappa shape index (κ1) is 14.6. The van der Waals surface area contributed by atoms with Crippen molar-refractivity contribution in [2.45, 2.75) is 39.2 Å². The summed E-state index contributed by atoms with van der Waals surface area (Å²) in [5, 5.41) is 2.47. The number of nitrogens with one attached hydrogen (secondary N) is 1. The zero-order chi connectivity index (χ0) is 14.8. The minimum atomic E-state index is -0.644. The van der Waals surface area contributed by atoms with Crippen LogP contribution in [0.25, 0.3) is 0 Å². The number of carbonyl (C=O) groups is 1. The number of hydrogen-bond acceptors (Lipinski definition) is 3. The lowest BCUT2D eigenvalue weighted by Gasteiger charge is -2.21. The van der Waals surface area contributed by atoms with Crippen LogP contribution in [0.5, 0.6) is 0 Å². The Bertz CT molecular complexity index is 491. The number of ether oxygens (including phenoxy) is 1. The summed E-state index contributed by atoms with van der Waals surface area (Å²) < 4.78 is 18.9.